The number of likely N-dealkylation sites (tertiary alicyclic amines) is 1. The van der Waals surface area contributed by atoms with Crippen molar-refractivity contribution >= 4 is 11.6 Å². The van der Waals surface area contributed by atoms with Gasteiger partial charge in [0.05, 0.1) is 6.10 Å². The van der Waals surface area contributed by atoms with E-state index in [9.17, 15) is 19.4 Å². The second-order valence-electron chi connectivity index (χ2n) is 8.35. The molecule has 31 heavy (non-hydrogen) atoms. The van der Waals surface area contributed by atoms with Crippen molar-refractivity contribution in [2.75, 3.05) is 25.0 Å². The number of aliphatic hydroxyl groups excluding tert-OH is 1. The molecular formula is C24H23FN2O4. The zero-order valence-electron chi connectivity index (χ0n) is 16.8. The first-order valence-electron chi connectivity index (χ1n) is 10.3. The average molecular weight is 422 g/mol. The fraction of sp³-hybridized carbons (Fsp3) is 0.292. The van der Waals surface area contributed by atoms with E-state index in [4.69, 9.17) is 4.74 Å². The van der Waals surface area contributed by atoms with Crippen molar-refractivity contribution in [3.8, 4) is 5.75 Å². The van der Waals surface area contributed by atoms with Gasteiger partial charge < -0.3 is 20.3 Å². The van der Waals surface area contributed by atoms with Gasteiger partial charge in [-0.3, -0.25) is 9.69 Å². The summed E-state index contributed by atoms with van der Waals surface area (Å²) in [6.45, 7) is 1.25. The minimum atomic E-state index is -1.13. The van der Waals surface area contributed by atoms with E-state index >= 15 is 0 Å². The number of aryl methyl sites for hydroxylation is 1. The number of nitrogens with one attached hydrogen (secondary N) is 1. The predicted molar refractivity (Wildman–Crippen MR) is 113 cm³/mol. The number of halogens is 1. The molecule has 5 rings (SSSR count). The van der Waals surface area contributed by atoms with Crippen molar-refractivity contribution in [3.63, 3.8) is 0 Å². The van der Waals surface area contributed by atoms with E-state index in [2.05, 4.69) is 5.32 Å². The number of carbonyl (C=O) groups excluding carboxylic acids is 1. The lowest BCUT2D eigenvalue weighted by atomic mass is 9.98. The van der Waals surface area contributed by atoms with Crippen molar-refractivity contribution in [1.29, 1.82) is 0 Å². The molecule has 0 saturated carbocycles. The third-order valence-electron chi connectivity index (χ3n) is 6.00. The van der Waals surface area contributed by atoms with Crippen LogP contribution in [0.25, 0.3) is 0 Å². The number of ether oxygens (including phenoxy) is 1. The molecule has 1 fully saturated rings. The van der Waals surface area contributed by atoms with Crippen LogP contribution in [0.1, 0.15) is 23.7 Å². The number of hydrogen-bond donors (Lipinski definition) is 3. The minimum Gasteiger partial charge on any atom is -0.458 e. The van der Waals surface area contributed by atoms with Crippen LogP contribution >= 0.6 is 0 Å². The van der Waals surface area contributed by atoms with Crippen LogP contribution in [0.5, 0.6) is 5.75 Å². The molecule has 2 aromatic rings. The number of amides is 1. The molecule has 0 unspecified atom stereocenters. The SMILES string of the molecule is O=C1CCc2cc([C@H](O)CN3CC4=CC(Oc5ccc(F)cc5)=C[C@@]4(O)C3)ccc2N1. The monoisotopic (exact) mass is 422 g/mol. The van der Waals surface area contributed by atoms with Gasteiger partial charge in [-0.1, -0.05) is 12.1 Å². The van der Waals surface area contributed by atoms with Crippen molar-refractivity contribution in [2.45, 2.75) is 24.5 Å². The molecule has 160 valence electrons. The van der Waals surface area contributed by atoms with Crippen molar-refractivity contribution in [1.82, 2.24) is 4.90 Å². The van der Waals surface area contributed by atoms with Crippen LogP contribution in [0.2, 0.25) is 0 Å². The first-order chi connectivity index (χ1) is 14.9. The molecule has 0 radical (unpaired) electrons. The number of carbonyl (C=O) groups is 1. The highest BCUT2D eigenvalue weighted by Gasteiger charge is 2.43. The summed E-state index contributed by atoms with van der Waals surface area (Å²) in [5.74, 6) is 0.714. The van der Waals surface area contributed by atoms with E-state index in [0.29, 0.717) is 44.0 Å². The zero-order valence-corrected chi connectivity index (χ0v) is 16.8. The number of aliphatic hydroxyl groups is 2. The second kappa shape index (κ2) is 7.60. The maximum Gasteiger partial charge on any atom is 0.224 e. The molecular weight excluding hydrogens is 399 g/mol. The Bertz CT molecular complexity index is 1100. The maximum absolute atomic E-state index is 13.1. The van der Waals surface area contributed by atoms with Gasteiger partial charge >= 0.3 is 0 Å². The Hall–Kier alpha value is -3.00. The predicted octanol–water partition coefficient (Wildman–Crippen LogP) is 2.69. The largest absolute Gasteiger partial charge is 0.458 e. The molecule has 2 heterocycles. The van der Waals surface area contributed by atoms with Crippen molar-refractivity contribution in [2.24, 2.45) is 0 Å². The minimum absolute atomic E-state index is 0.0155. The highest BCUT2D eigenvalue weighted by molar-refractivity contribution is 5.93. The molecule has 0 spiro atoms. The quantitative estimate of drug-likeness (QED) is 0.690. The second-order valence-corrected chi connectivity index (χ2v) is 8.35. The standard InChI is InChI=1S/C24H23FN2O4/c25-18-3-5-19(6-4-18)31-20-10-17-12-27(14-24(17,30)11-20)13-22(28)16-1-7-21-15(9-16)2-8-23(29)26-21/h1,3-7,9-11,22,28,30H,2,8,12-14H2,(H,26,29)/t22-,24-/m1/s1. The van der Waals surface area contributed by atoms with Crippen LogP contribution in [0.15, 0.2) is 65.9 Å². The highest BCUT2D eigenvalue weighted by atomic mass is 19.1. The Labute approximate surface area is 179 Å². The number of rotatable bonds is 5. The Morgan fingerprint density at radius 1 is 1.19 bits per heavy atom. The maximum atomic E-state index is 13.1. The van der Waals surface area contributed by atoms with Crippen LogP contribution in [0.4, 0.5) is 10.1 Å². The summed E-state index contributed by atoms with van der Waals surface area (Å²) in [4.78, 5) is 13.5. The first-order valence-corrected chi connectivity index (χ1v) is 10.3. The Morgan fingerprint density at radius 3 is 2.77 bits per heavy atom. The Kier molecular flexibility index (Phi) is 4.89. The van der Waals surface area contributed by atoms with Crippen LogP contribution in [0.3, 0.4) is 0 Å². The lowest BCUT2D eigenvalue weighted by molar-refractivity contribution is -0.116. The number of anilines is 1. The van der Waals surface area contributed by atoms with Crippen molar-refractivity contribution in [3.05, 3.63) is 82.9 Å². The number of allylic oxidation sites excluding steroid dienone is 1. The van der Waals surface area contributed by atoms with Crippen LogP contribution in [-0.2, 0) is 11.2 Å². The third-order valence-corrected chi connectivity index (χ3v) is 6.00. The molecule has 2 atom stereocenters. The van der Waals surface area contributed by atoms with E-state index in [-0.39, 0.29) is 11.7 Å². The number of benzene rings is 2. The summed E-state index contributed by atoms with van der Waals surface area (Å²) in [6.07, 6.45) is 3.88. The van der Waals surface area contributed by atoms with E-state index < -0.39 is 11.7 Å². The number of β-amino-alcohol motifs (C(OH)–C–C–N with tert-alkyl or cyclic N) is 2. The molecule has 1 aliphatic carbocycles. The molecule has 3 aliphatic rings. The lowest BCUT2D eigenvalue weighted by Gasteiger charge is -2.23. The van der Waals surface area contributed by atoms with Gasteiger partial charge in [0.15, 0.2) is 0 Å². The van der Waals surface area contributed by atoms with Gasteiger partial charge in [-0.25, -0.2) is 4.39 Å². The third kappa shape index (κ3) is 3.99. The summed E-state index contributed by atoms with van der Waals surface area (Å²) in [5, 5.41) is 24.6. The molecule has 3 N–H and O–H groups in total. The topological polar surface area (TPSA) is 82.0 Å². The van der Waals surface area contributed by atoms with Gasteiger partial charge in [-0.15, -0.1) is 0 Å². The summed E-state index contributed by atoms with van der Waals surface area (Å²) in [5.41, 5.74) is 2.31. The van der Waals surface area contributed by atoms with Gasteiger partial charge in [-0.2, -0.15) is 0 Å². The van der Waals surface area contributed by atoms with Gasteiger partial charge in [0.2, 0.25) is 5.91 Å². The first kappa shape index (κ1) is 19.9. The lowest BCUT2D eigenvalue weighted by Crippen LogP contribution is -2.33. The molecule has 1 amide bonds. The molecule has 1 saturated heterocycles. The average Bonchev–Trinajstić information content (AvgIpc) is 3.19. The van der Waals surface area contributed by atoms with Gasteiger partial charge in [0, 0.05) is 31.7 Å². The summed E-state index contributed by atoms with van der Waals surface area (Å²) in [7, 11) is 0. The summed E-state index contributed by atoms with van der Waals surface area (Å²) < 4.78 is 18.8. The van der Waals surface area contributed by atoms with Crippen LogP contribution < -0.4 is 10.1 Å². The van der Waals surface area contributed by atoms with Crippen LogP contribution in [0, 0.1) is 5.82 Å². The fourth-order valence-electron chi connectivity index (χ4n) is 4.42. The molecule has 7 heteroatoms. The van der Waals surface area contributed by atoms with Gasteiger partial charge in [0.1, 0.15) is 22.9 Å². The molecule has 2 aliphatic heterocycles. The van der Waals surface area contributed by atoms with Gasteiger partial charge in [0.25, 0.3) is 0 Å². The molecule has 0 bridgehead atoms. The highest BCUT2D eigenvalue weighted by Crippen LogP contribution is 2.37. The van der Waals surface area contributed by atoms with E-state index in [1.807, 2.05) is 23.1 Å². The summed E-state index contributed by atoms with van der Waals surface area (Å²) in [6, 6.07) is 11.3. The van der Waals surface area contributed by atoms with E-state index in [1.54, 1.807) is 24.3 Å². The van der Waals surface area contributed by atoms with E-state index in [0.717, 1.165) is 22.4 Å². The zero-order chi connectivity index (χ0) is 21.6. The Morgan fingerprint density at radius 2 is 2.00 bits per heavy atom. The molecule has 2 aromatic carbocycles. The van der Waals surface area contributed by atoms with Crippen molar-refractivity contribution < 1.29 is 24.1 Å². The fourth-order valence-corrected chi connectivity index (χ4v) is 4.42. The molecule has 0 aromatic heterocycles. The Balaban J connectivity index is 1.23. The summed E-state index contributed by atoms with van der Waals surface area (Å²) >= 11 is 0. The number of hydrogen-bond acceptors (Lipinski definition) is 5. The molecule has 6 nitrogen and oxygen atoms in total. The smallest absolute Gasteiger partial charge is 0.224 e. The number of nitrogens with zero attached hydrogens (tertiary/aromatic N) is 1. The normalized spacial score (nSPS) is 23.5. The van der Waals surface area contributed by atoms with Gasteiger partial charge in [-0.05, 0) is 65.6 Å². The van der Waals surface area contributed by atoms with E-state index in [1.165, 1.54) is 12.1 Å². The number of fused-ring (bicyclic) bond motifs is 2. The van der Waals surface area contributed by atoms with Crippen LogP contribution in [-0.4, -0.2) is 46.3 Å².